The van der Waals surface area contributed by atoms with Gasteiger partial charge in [0.25, 0.3) is 0 Å². The number of hydrogen-bond acceptors (Lipinski definition) is 2. The van der Waals surface area contributed by atoms with Crippen molar-refractivity contribution >= 4 is 11.8 Å². The van der Waals surface area contributed by atoms with Crippen molar-refractivity contribution in [3.63, 3.8) is 0 Å². The van der Waals surface area contributed by atoms with Crippen molar-refractivity contribution in [1.29, 1.82) is 0 Å². The Morgan fingerprint density at radius 3 is 2.61 bits per heavy atom. The SMILES string of the molecule is CSC1CCCC1NC1CCCC(CC(C)C)C1. The summed E-state index contributed by atoms with van der Waals surface area (Å²) in [5.41, 5.74) is 0. The van der Waals surface area contributed by atoms with E-state index in [1.165, 1.54) is 51.4 Å². The summed E-state index contributed by atoms with van der Waals surface area (Å²) in [7, 11) is 0. The smallest absolute Gasteiger partial charge is 0.0198 e. The normalized spacial score (nSPS) is 37.3. The molecule has 0 spiro atoms. The highest BCUT2D eigenvalue weighted by Crippen LogP contribution is 2.33. The van der Waals surface area contributed by atoms with E-state index >= 15 is 0 Å². The maximum Gasteiger partial charge on any atom is 0.0198 e. The summed E-state index contributed by atoms with van der Waals surface area (Å²) in [6.07, 6.45) is 13.8. The molecule has 0 saturated heterocycles. The summed E-state index contributed by atoms with van der Waals surface area (Å²) in [4.78, 5) is 0. The fraction of sp³-hybridized carbons (Fsp3) is 1.00. The molecule has 0 aromatic heterocycles. The number of rotatable bonds is 5. The van der Waals surface area contributed by atoms with Crippen LogP contribution in [0.15, 0.2) is 0 Å². The van der Waals surface area contributed by atoms with Crippen LogP contribution >= 0.6 is 11.8 Å². The predicted molar refractivity (Wildman–Crippen MR) is 83.3 cm³/mol. The molecular weight excluding hydrogens is 238 g/mol. The van der Waals surface area contributed by atoms with E-state index < -0.39 is 0 Å². The molecule has 4 unspecified atom stereocenters. The van der Waals surface area contributed by atoms with Gasteiger partial charge in [-0.05, 0) is 50.2 Å². The van der Waals surface area contributed by atoms with E-state index in [0.717, 1.165) is 29.2 Å². The lowest BCUT2D eigenvalue weighted by Gasteiger charge is -2.34. The van der Waals surface area contributed by atoms with Crippen molar-refractivity contribution in [1.82, 2.24) is 5.32 Å². The molecule has 2 fully saturated rings. The lowest BCUT2D eigenvalue weighted by molar-refractivity contribution is 0.240. The van der Waals surface area contributed by atoms with Crippen LogP contribution in [0.2, 0.25) is 0 Å². The monoisotopic (exact) mass is 269 g/mol. The molecule has 0 bridgehead atoms. The van der Waals surface area contributed by atoms with Crippen LogP contribution < -0.4 is 5.32 Å². The lowest BCUT2D eigenvalue weighted by Crippen LogP contribution is -2.43. The minimum absolute atomic E-state index is 0.808. The second kappa shape index (κ2) is 7.19. The van der Waals surface area contributed by atoms with Gasteiger partial charge in [0, 0.05) is 17.3 Å². The Labute approximate surface area is 118 Å². The number of hydrogen-bond donors (Lipinski definition) is 1. The lowest BCUT2D eigenvalue weighted by atomic mass is 9.81. The van der Waals surface area contributed by atoms with E-state index in [4.69, 9.17) is 0 Å². The molecule has 0 amide bonds. The predicted octanol–water partition coefficient (Wildman–Crippen LogP) is 4.47. The first-order valence-electron chi connectivity index (χ1n) is 7.98. The Bertz CT molecular complexity index is 241. The fourth-order valence-corrected chi connectivity index (χ4v) is 4.97. The Balaban J connectivity index is 1.78. The van der Waals surface area contributed by atoms with E-state index in [2.05, 4.69) is 37.2 Å². The summed E-state index contributed by atoms with van der Waals surface area (Å²) in [6, 6.07) is 1.63. The highest BCUT2D eigenvalue weighted by molar-refractivity contribution is 7.99. The van der Waals surface area contributed by atoms with E-state index in [0.29, 0.717) is 0 Å². The van der Waals surface area contributed by atoms with Gasteiger partial charge in [0.1, 0.15) is 0 Å². The highest BCUT2D eigenvalue weighted by atomic mass is 32.2. The van der Waals surface area contributed by atoms with Crippen molar-refractivity contribution in [2.45, 2.75) is 82.5 Å². The van der Waals surface area contributed by atoms with Crippen LogP contribution in [0.25, 0.3) is 0 Å². The van der Waals surface area contributed by atoms with Gasteiger partial charge >= 0.3 is 0 Å². The van der Waals surface area contributed by atoms with Gasteiger partial charge in [0.05, 0.1) is 0 Å². The Kier molecular flexibility index (Phi) is 5.88. The summed E-state index contributed by atoms with van der Waals surface area (Å²) < 4.78 is 0. The number of nitrogens with one attached hydrogen (secondary N) is 1. The Morgan fingerprint density at radius 2 is 1.89 bits per heavy atom. The maximum absolute atomic E-state index is 4.00. The van der Waals surface area contributed by atoms with E-state index in [9.17, 15) is 0 Å². The van der Waals surface area contributed by atoms with E-state index in [-0.39, 0.29) is 0 Å². The number of thioether (sulfide) groups is 1. The molecule has 18 heavy (non-hydrogen) atoms. The average molecular weight is 269 g/mol. The molecule has 2 aliphatic carbocycles. The molecule has 2 heteroatoms. The van der Waals surface area contributed by atoms with Crippen molar-refractivity contribution < 1.29 is 0 Å². The molecule has 0 aromatic carbocycles. The topological polar surface area (TPSA) is 12.0 Å². The van der Waals surface area contributed by atoms with Crippen LogP contribution in [0, 0.1) is 11.8 Å². The first-order valence-corrected chi connectivity index (χ1v) is 9.26. The van der Waals surface area contributed by atoms with Gasteiger partial charge in [0.15, 0.2) is 0 Å². The highest BCUT2D eigenvalue weighted by Gasteiger charge is 2.30. The van der Waals surface area contributed by atoms with Crippen LogP contribution in [-0.2, 0) is 0 Å². The van der Waals surface area contributed by atoms with Crippen LogP contribution in [0.4, 0.5) is 0 Å². The second-order valence-corrected chi connectivity index (χ2v) is 7.91. The first kappa shape index (κ1) is 14.7. The van der Waals surface area contributed by atoms with Crippen molar-refractivity contribution in [3.8, 4) is 0 Å². The third-order valence-electron chi connectivity index (χ3n) is 4.79. The first-order chi connectivity index (χ1) is 8.69. The van der Waals surface area contributed by atoms with Gasteiger partial charge in [-0.15, -0.1) is 0 Å². The van der Waals surface area contributed by atoms with Crippen LogP contribution in [0.3, 0.4) is 0 Å². The van der Waals surface area contributed by atoms with Crippen LogP contribution in [0.1, 0.15) is 65.2 Å². The van der Waals surface area contributed by atoms with E-state index in [1.807, 2.05) is 0 Å². The third-order valence-corrected chi connectivity index (χ3v) is 5.96. The molecule has 2 saturated carbocycles. The van der Waals surface area contributed by atoms with Crippen molar-refractivity contribution in [3.05, 3.63) is 0 Å². The zero-order valence-corrected chi connectivity index (χ0v) is 13.3. The molecule has 0 heterocycles. The fourth-order valence-electron chi connectivity index (χ4n) is 4.02. The molecule has 0 aromatic rings. The van der Waals surface area contributed by atoms with Gasteiger partial charge in [-0.25, -0.2) is 0 Å². The van der Waals surface area contributed by atoms with Crippen LogP contribution in [-0.4, -0.2) is 23.6 Å². The van der Waals surface area contributed by atoms with Crippen molar-refractivity contribution in [2.24, 2.45) is 11.8 Å². The molecule has 4 atom stereocenters. The molecule has 1 nitrogen and oxygen atoms in total. The molecule has 106 valence electrons. The molecule has 0 aliphatic heterocycles. The van der Waals surface area contributed by atoms with Gasteiger partial charge < -0.3 is 5.32 Å². The van der Waals surface area contributed by atoms with E-state index in [1.54, 1.807) is 0 Å². The van der Waals surface area contributed by atoms with Gasteiger partial charge in [-0.2, -0.15) is 11.8 Å². The minimum Gasteiger partial charge on any atom is -0.310 e. The maximum atomic E-state index is 4.00. The molecule has 2 rings (SSSR count). The largest absolute Gasteiger partial charge is 0.310 e. The quantitative estimate of drug-likeness (QED) is 0.790. The molecule has 2 aliphatic rings. The van der Waals surface area contributed by atoms with Crippen LogP contribution in [0.5, 0.6) is 0 Å². The molecule has 1 N–H and O–H groups in total. The van der Waals surface area contributed by atoms with Crippen molar-refractivity contribution in [2.75, 3.05) is 6.26 Å². The van der Waals surface area contributed by atoms with Gasteiger partial charge in [-0.1, -0.05) is 33.1 Å². The Hall–Kier alpha value is 0.310. The zero-order valence-electron chi connectivity index (χ0n) is 12.5. The van der Waals surface area contributed by atoms with Gasteiger partial charge in [0.2, 0.25) is 0 Å². The molecule has 0 radical (unpaired) electrons. The minimum atomic E-state index is 0.808. The van der Waals surface area contributed by atoms with Gasteiger partial charge in [-0.3, -0.25) is 0 Å². The third kappa shape index (κ3) is 4.16. The summed E-state index contributed by atoms with van der Waals surface area (Å²) in [6.45, 7) is 4.75. The zero-order chi connectivity index (χ0) is 13.0. The summed E-state index contributed by atoms with van der Waals surface area (Å²) in [5.74, 6) is 1.87. The average Bonchev–Trinajstić information content (AvgIpc) is 2.76. The molecular formula is C16H31NS. The second-order valence-electron chi connectivity index (χ2n) is 6.84. The summed E-state index contributed by atoms with van der Waals surface area (Å²) >= 11 is 2.08. The Morgan fingerprint density at radius 1 is 1.11 bits per heavy atom. The summed E-state index contributed by atoms with van der Waals surface area (Å²) in [5, 5.41) is 4.89. The standard InChI is InChI=1S/C16H31NS/c1-12(2)10-13-6-4-7-14(11-13)17-15-8-5-9-16(15)18-3/h12-17H,4-11H2,1-3H3.